The smallest absolute Gasteiger partial charge is 0.411 e. The Hall–Kier alpha value is -4.79. The molecule has 2 N–H and O–H groups in total. The molecule has 0 atom stereocenters. The molecule has 0 spiro atoms. The number of nitrogens with one attached hydrogen (secondary N) is 2. The van der Waals surface area contributed by atoms with E-state index in [4.69, 9.17) is 4.42 Å². The topological polar surface area (TPSA) is 106 Å². The van der Waals surface area contributed by atoms with Crippen LogP contribution >= 0.6 is 0 Å². The Kier molecular flexibility index (Phi) is 7.50. The summed E-state index contributed by atoms with van der Waals surface area (Å²) in [6.45, 7) is 1.74. The van der Waals surface area contributed by atoms with E-state index < -0.39 is 11.6 Å². The van der Waals surface area contributed by atoms with Gasteiger partial charge in [-0.3, -0.25) is 14.6 Å². The second kappa shape index (κ2) is 11.1. The van der Waals surface area contributed by atoms with Crippen LogP contribution in [0.15, 0.2) is 88.5 Å². The number of nitrogens with zero attached hydrogens (tertiary/aromatic N) is 2. The van der Waals surface area contributed by atoms with Crippen LogP contribution in [-0.4, -0.2) is 21.4 Å². The van der Waals surface area contributed by atoms with Gasteiger partial charge in [-0.05, 0) is 47.0 Å². The normalized spacial score (nSPS) is 10.9. The van der Waals surface area contributed by atoms with Crippen molar-refractivity contribution in [1.82, 2.24) is 20.2 Å². The number of pyridine rings is 1. The highest BCUT2D eigenvalue weighted by Crippen LogP contribution is 2.25. The summed E-state index contributed by atoms with van der Waals surface area (Å²) < 4.78 is 21.2. The van der Waals surface area contributed by atoms with Gasteiger partial charge in [-0.2, -0.15) is 0 Å². The van der Waals surface area contributed by atoms with Gasteiger partial charge in [-0.25, -0.2) is 13.8 Å². The van der Waals surface area contributed by atoms with Crippen molar-refractivity contribution < 1.29 is 18.4 Å². The molecule has 2 aromatic carbocycles. The van der Waals surface area contributed by atoms with Crippen LogP contribution in [0.3, 0.4) is 0 Å². The molecule has 0 saturated carbocycles. The van der Waals surface area contributed by atoms with Gasteiger partial charge >= 0.3 is 5.76 Å². The second-order valence-corrected chi connectivity index (χ2v) is 7.94. The number of hydrogen-bond donors (Lipinski definition) is 2. The molecule has 0 fully saturated rings. The molecule has 9 heteroatoms. The summed E-state index contributed by atoms with van der Waals surface area (Å²) in [7, 11) is 0. The number of carbonyl (C=O) groups excluding carboxylic acids is 2. The molecule has 8 nitrogen and oxygen atoms in total. The first-order chi connectivity index (χ1) is 17.4. The van der Waals surface area contributed by atoms with Crippen molar-refractivity contribution >= 4 is 17.9 Å². The summed E-state index contributed by atoms with van der Waals surface area (Å²) >= 11 is 0. The highest BCUT2D eigenvalue weighted by molar-refractivity contribution is 5.91. The molecular weight excluding hydrogens is 463 g/mol. The lowest BCUT2D eigenvalue weighted by molar-refractivity contribution is -0.119. The molecule has 182 valence electrons. The Morgan fingerprint density at radius 2 is 1.89 bits per heavy atom. The average Bonchev–Trinajstić information content (AvgIpc) is 3.26. The SMILES string of the molecule is CC(=O)NCc1cn(-c2ccc(-c3ccc(CNC(=O)/C=C/c4cccnc4)cc3)c(F)c2)c(=O)o1. The van der Waals surface area contributed by atoms with Crippen LogP contribution in [0.4, 0.5) is 4.39 Å². The van der Waals surface area contributed by atoms with Gasteiger partial charge in [-0.1, -0.05) is 30.3 Å². The van der Waals surface area contributed by atoms with Crippen molar-refractivity contribution in [3.05, 3.63) is 113 Å². The van der Waals surface area contributed by atoms with E-state index >= 15 is 0 Å². The van der Waals surface area contributed by atoms with E-state index in [1.165, 1.54) is 29.8 Å². The third-order valence-corrected chi connectivity index (χ3v) is 5.27. The van der Waals surface area contributed by atoms with Gasteiger partial charge in [0.2, 0.25) is 11.8 Å². The second-order valence-electron chi connectivity index (χ2n) is 7.94. The van der Waals surface area contributed by atoms with Gasteiger partial charge in [0.15, 0.2) is 0 Å². The summed E-state index contributed by atoms with van der Waals surface area (Å²) in [4.78, 5) is 39.2. The van der Waals surface area contributed by atoms with Gasteiger partial charge in [0.1, 0.15) is 11.6 Å². The molecule has 0 bridgehead atoms. The number of aromatic nitrogens is 2. The molecule has 4 aromatic rings. The minimum Gasteiger partial charge on any atom is -0.411 e. The molecule has 0 saturated heterocycles. The van der Waals surface area contributed by atoms with Gasteiger partial charge in [0.05, 0.1) is 18.4 Å². The van der Waals surface area contributed by atoms with Crippen LogP contribution in [0.1, 0.15) is 23.8 Å². The van der Waals surface area contributed by atoms with Crippen LogP contribution in [0.5, 0.6) is 0 Å². The number of carbonyl (C=O) groups is 2. The van der Waals surface area contributed by atoms with Crippen LogP contribution in [-0.2, 0) is 22.7 Å². The van der Waals surface area contributed by atoms with Gasteiger partial charge < -0.3 is 15.1 Å². The van der Waals surface area contributed by atoms with Gasteiger partial charge in [0, 0.05) is 37.5 Å². The first-order valence-corrected chi connectivity index (χ1v) is 11.1. The molecular formula is C27H23FN4O4. The van der Waals surface area contributed by atoms with Crippen molar-refractivity contribution in [3.8, 4) is 16.8 Å². The third kappa shape index (κ3) is 6.20. The maximum atomic E-state index is 14.9. The van der Waals surface area contributed by atoms with Gasteiger partial charge in [0.25, 0.3) is 0 Å². The summed E-state index contributed by atoms with van der Waals surface area (Å²) in [6, 6.07) is 15.2. The predicted molar refractivity (Wildman–Crippen MR) is 132 cm³/mol. The summed E-state index contributed by atoms with van der Waals surface area (Å²) in [5, 5.41) is 5.34. The fourth-order valence-corrected chi connectivity index (χ4v) is 3.44. The fraction of sp³-hybridized carbons (Fsp3) is 0.111. The number of amides is 2. The number of benzene rings is 2. The average molecular weight is 487 g/mol. The van der Waals surface area contributed by atoms with Crippen LogP contribution in [0, 0.1) is 5.82 Å². The quantitative estimate of drug-likeness (QED) is 0.370. The summed E-state index contributed by atoms with van der Waals surface area (Å²) in [5.41, 5.74) is 3.00. The van der Waals surface area contributed by atoms with Crippen molar-refractivity contribution in [2.45, 2.75) is 20.0 Å². The number of oxazole rings is 1. The Morgan fingerprint density at radius 3 is 2.58 bits per heavy atom. The summed E-state index contributed by atoms with van der Waals surface area (Å²) in [5.74, 6) is -1.42. The Morgan fingerprint density at radius 1 is 1.08 bits per heavy atom. The molecule has 0 aliphatic heterocycles. The van der Waals surface area contributed by atoms with E-state index in [2.05, 4.69) is 15.6 Å². The van der Waals surface area contributed by atoms with E-state index in [-0.39, 0.29) is 24.1 Å². The fourth-order valence-electron chi connectivity index (χ4n) is 3.44. The molecule has 0 radical (unpaired) electrons. The van der Waals surface area contributed by atoms with E-state index in [9.17, 15) is 18.8 Å². The lowest BCUT2D eigenvalue weighted by Crippen LogP contribution is -2.20. The minimum atomic E-state index is -0.677. The number of halogens is 1. The van der Waals surface area contributed by atoms with Crippen LogP contribution < -0.4 is 16.4 Å². The standard InChI is InChI=1S/C27H23FN4O4/c1-18(33)30-16-23-17-32(27(35)36-23)22-9-10-24(25(28)13-22)21-7-4-20(5-8-21)15-31-26(34)11-6-19-3-2-12-29-14-19/h2-14,17H,15-16H2,1H3,(H,30,33)(H,31,34)/b11-6+. The number of hydrogen-bond acceptors (Lipinski definition) is 5. The first kappa shape index (κ1) is 24.3. The zero-order valence-electron chi connectivity index (χ0n) is 19.4. The lowest BCUT2D eigenvalue weighted by Gasteiger charge is -2.08. The molecule has 4 rings (SSSR count). The molecule has 0 unspecified atom stereocenters. The molecule has 2 amide bonds. The van der Waals surface area contributed by atoms with E-state index in [1.54, 1.807) is 48.8 Å². The van der Waals surface area contributed by atoms with E-state index in [1.807, 2.05) is 18.2 Å². The first-order valence-electron chi connectivity index (χ1n) is 11.1. The van der Waals surface area contributed by atoms with E-state index in [0.29, 0.717) is 23.4 Å². The molecule has 0 aliphatic carbocycles. The predicted octanol–water partition coefficient (Wildman–Crippen LogP) is 3.60. The molecule has 36 heavy (non-hydrogen) atoms. The molecule has 2 aromatic heterocycles. The minimum absolute atomic E-state index is 0.0612. The van der Waals surface area contributed by atoms with Crippen molar-refractivity contribution in [2.24, 2.45) is 0 Å². The Balaban J connectivity index is 1.40. The van der Waals surface area contributed by atoms with Crippen molar-refractivity contribution in [2.75, 3.05) is 0 Å². The Labute approximate surface area is 206 Å². The monoisotopic (exact) mass is 486 g/mol. The lowest BCUT2D eigenvalue weighted by atomic mass is 10.0. The third-order valence-electron chi connectivity index (χ3n) is 5.27. The van der Waals surface area contributed by atoms with Crippen LogP contribution in [0.2, 0.25) is 0 Å². The Bertz CT molecular complexity index is 1460. The van der Waals surface area contributed by atoms with Crippen molar-refractivity contribution in [3.63, 3.8) is 0 Å². The zero-order valence-corrected chi connectivity index (χ0v) is 19.4. The highest BCUT2D eigenvalue weighted by atomic mass is 19.1. The largest absolute Gasteiger partial charge is 0.423 e. The van der Waals surface area contributed by atoms with Crippen LogP contribution in [0.25, 0.3) is 22.9 Å². The van der Waals surface area contributed by atoms with E-state index in [0.717, 1.165) is 11.1 Å². The summed E-state index contributed by atoms with van der Waals surface area (Å²) in [6.07, 6.45) is 7.86. The maximum Gasteiger partial charge on any atom is 0.423 e. The number of rotatable bonds is 8. The molecule has 2 heterocycles. The van der Waals surface area contributed by atoms with Gasteiger partial charge in [-0.15, -0.1) is 0 Å². The van der Waals surface area contributed by atoms with Crippen molar-refractivity contribution in [1.29, 1.82) is 0 Å². The highest BCUT2D eigenvalue weighted by Gasteiger charge is 2.12. The molecule has 0 aliphatic rings. The maximum absolute atomic E-state index is 14.9. The zero-order chi connectivity index (χ0) is 25.5.